The van der Waals surface area contributed by atoms with Gasteiger partial charge < -0.3 is 14.7 Å². The molecule has 7 heteroatoms. The molecule has 1 amide bonds. The number of nitrogens with zero attached hydrogens (tertiary/aromatic N) is 4. The van der Waals surface area contributed by atoms with E-state index < -0.39 is 0 Å². The van der Waals surface area contributed by atoms with Gasteiger partial charge in [0, 0.05) is 82.1 Å². The summed E-state index contributed by atoms with van der Waals surface area (Å²) in [5.41, 5.74) is 3.06. The second kappa shape index (κ2) is 9.39. The van der Waals surface area contributed by atoms with Crippen molar-refractivity contribution in [1.82, 2.24) is 14.7 Å². The third-order valence-electron chi connectivity index (χ3n) is 7.51. The molecule has 0 aromatic heterocycles. The fourth-order valence-corrected chi connectivity index (χ4v) is 5.70. The molecule has 3 heterocycles. The van der Waals surface area contributed by atoms with Gasteiger partial charge >= 0.3 is 0 Å². The number of rotatable bonds is 5. The zero-order chi connectivity index (χ0) is 22.9. The number of hydrogen-bond acceptors (Lipinski definition) is 4. The van der Waals surface area contributed by atoms with Crippen LogP contribution in [0, 0.1) is 11.6 Å². The average molecular weight is 455 g/mol. The molecule has 2 saturated heterocycles. The minimum absolute atomic E-state index is 0.204. The number of carbonyl (C=O) groups excluding carboxylic acids is 1. The van der Waals surface area contributed by atoms with Crippen LogP contribution in [0.2, 0.25) is 0 Å². The van der Waals surface area contributed by atoms with Crippen LogP contribution < -0.4 is 4.90 Å². The molecule has 0 N–H and O–H groups in total. The molecule has 2 aromatic rings. The van der Waals surface area contributed by atoms with Gasteiger partial charge in [-0.3, -0.25) is 9.69 Å². The molecule has 33 heavy (non-hydrogen) atoms. The van der Waals surface area contributed by atoms with Crippen molar-refractivity contribution < 1.29 is 13.6 Å². The SMILES string of the molecule is CCC(=O)N1CCN(CCN2CCC3C(C2)c2cc(F)ccc2N3c2ccc(F)cc2)CC1. The summed E-state index contributed by atoms with van der Waals surface area (Å²) in [7, 11) is 0. The molecule has 3 aliphatic rings. The summed E-state index contributed by atoms with van der Waals surface area (Å²) in [4.78, 5) is 21.1. The van der Waals surface area contributed by atoms with Crippen molar-refractivity contribution in [3.05, 3.63) is 59.7 Å². The first kappa shape index (κ1) is 22.3. The molecule has 2 unspecified atom stereocenters. The van der Waals surface area contributed by atoms with Crippen molar-refractivity contribution in [3.8, 4) is 0 Å². The molecular formula is C26H32F2N4O. The Hall–Kier alpha value is -2.51. The van der Waals surface area contributed by atoms with Crippen LogP contribution in [-0.4, -0.2) is 79.0 Å². The molecule has 0 bridgehead atoms. The van der Waals surface area contributed by atoms with Crippen molar-refractivity contribution in [1.29, 1.82) is 0 Å². The third kappa shape index (κ3) is 4.49. The lowest BCUT2D eigenvalue weighted by Crippen LogP contribution is -2.51. The molecule has 5 nitrogen and oxygen atoms in total. The highest BCUT2D eigenvalue weighted by Crippen LogP contribution is 2.48. The number of amides is 1. The summed E-state index contributed by atoms with van der Waals surface area (Å²) in [6.07, 6.45) is 1.56. The van der Waals surface area contributed by atoms with Gasteiger partial charge in [-0.05, 0) is 54.4 Å². The first-order valence-corrected chi connectivity index (χ1v) is 12.1. The molecule has 5 rings (SSSR count). The summed E-state index contributed by atoms with van der Waals surface area (Å²) >= 11 is 0. The number of likely N-dealkylation sites (tertiary alicyclic amines) is 1. The molecule has 2 atom stereocenters. The normalized spacial score (nSPS) is 23.5. The van der Waals surface area contributed by atoms with Gasteiger partial charge in [0.05, 0.1) is 0 Å². The first-order chi connectivity index (χ1) is 16.0. The largest absolute Gasteiger partial charge is 0.340 e. The van der Waals surface area contributed by atoms with E-state index in [4.69, 9.17) is 0 Å². The van der Waals surface area contributed by atoms with Crippen molar-refractivity contribution in [2.75, 3.05) is 57.3 Å². The molecule has 176 valence electrons. The standard InChI is InChI=1S/C26H32F2N4O/c1-2-26(33)31-15-13-29(14-16-31)11-12-30-10-9-25-23(18-30)22-17-20(28)5-8-24(22)32(25)21-6-3-19(27)4-7-21/h3-8,17,23,25H,2,9-16,18H2,1H3. The Morgan fingerprint density at radius 3 is 2.33 bits per heavy atom. The number of benzene rings is 2. The Morgan fingerprint density at radius 1 is 0.909 bits per heavy atom. The van der Waals surface area contributed by atoms with E-state index in [1.807, 2.05) is 30.0 Å². The molecular weight excluding hydrogens is 422 g/mol. The number of fused-ring (bicyclic) bond motifs is 3. The molecule has 0 saturated carbocycles. The van der Waals surface area contributed by atoms with Crippen LogP contribution in [0.5, 0.6) is 0 Å². The van der Waals surface area contributed by atoms with Crippen LogP contribution in [-0.2, 0) is 4.79 Å². The maximum atomic E-state index is 14.2. The highest BCUT2D eigenvalue weighted by Gasteiger charge is 2.42. The summed E-state index contributed by atoms with van der Waals surface area (Å²) in [5.74, 6) is 0.0247. The van der Waals surface area contributed by atoms with Crippen LogP contribution >= 0.6 is 0 Å². The van der Waals surface area contributed by atoms with Gasteiger partial charge in [-0.25, -0.2) is 8.78 Å². The predicted molar refractivity (Wildman–Crippen MR) is 126 cm³/mol. The average Bonchev–Trinajstić information content (AvgIpc) is 3.16. The van der Waals surface area contributed by atoms with Gasteiger partial charge in [0.1, 0.15) is 11.6 Å². The molecule has 3 aliphatic heterocycles. The van der Waals surface area contributed by atoms with E-state index in [9.17, 15) is 13.6 Å². The number of anilines is 2. The van der Waals surface area contributed by atoms with Gasteiger partial charge in [0.25, 0.3) is 0 Å². The van der Waals surface area contributed by atoms with Gasteiger partial charge in [-0.2, -0.15) is 0 Å². The van der Waals surface area contributed by atoms with E-state index >= 15 is 0 Å². The lowest BCUT2D eigenvalue weighted by Gasteiger charge is -2.40. The first-order valence-electron chi connectivity index (χ1n) is 12.1. The quantitative estimate of drug-likeness (QED) is 0.687. The minimum Gasteiger partial charge on any atom is -0.340 e. The van der Waals surface area contributed by atoms with E-state index in [1.54, 1.807) is 6.07 Å². The number of piperidine rings is 1. The summed E-state index contributed by atoms with van der Waals surface area (Å²) < 4.78 is 27.7. The smallest absolute Gasteiger partial charge is 0.222 e. The van der Waals surface area contributed by atoms with E-state index in [0.29, 0.717) is 6.42 Å². The summed E-state index contributed by atoms with van der Waals surface area (Å²) in [5, 5.41) is 0. The van der Waals surface area contributed by atoms with Crippen molar-refractivity contribution in [3.63, 3.8) is 0 Å². The number of carbonyl (C=O) groups is 1. The maximum Gasteiger partial charge on any atom is 0.222 e. The zero-order valence-electron chi connectivity index (χ0n) is 19.2. The zero-order valence-corrected chi connectivity index (χ0v) is 19.2. The van der Waals surface area contributed by atoms with E-state index in [-0.39, 0.29) is 29.5 Å². The molecule has 2 fully saturated rings. The van der Waals surface area contributed by atoms with Gasteiger partial charge in [-0.1, -0.05) is 6.92 Å². The van der Waals surface area contributed by atoms with Crippen molar-refractivity contribution >= 4 is 17.3 Å². The fraction of sp³-hybridized carbons (Fsp3) is 0.500. The van der Waals surface area contributed by atoms with Crippen LogP contribution in [0.25, 0.3) is 0 Å². The second-order valence-corrected chi connectivity index (χ2v) is 9.39. The summed E-state index contributed by atoms with van der Waals surface area (Å²) in [6, 6.07) is 12.0. The van der Waals surface area contributed by atoms with Crippen LogP contribution in [0.1, 0.15) is 31.2 Å². The van der Waals surface area contributed by atoms with Crippen molar-refractivity contribution in [2.24, 2.45) is 0 Å². The Balaban J connectivity index is 1.25. The van der Waals surface area contributed by atoms with Crippen LogP contribution in [0.4, 0.5) is 20.2 Å². The lowest BCUT2D eigenvalue weighted by molar-refractivity contribution is -0.132. The lowest BCUT2D eigenvalue weighted by atomic mass is 9.89. The molecule has 0 aliphatic carbocycles. The van der Waals surface area contributed by atoms with Gasteiger partial charge in [0.2, 0.25) is 5.91 Å². The minimum atomic E-state index is -0.247. The number of hydrogen-bond donors (Lipinski definition) is 0. The third-order valence-corrected chi connectivity index (χ3v) is 7.51. The van der Waals surface area contributed by atoms with Gasteiger partial charge in [0.15, 0.2) is 0 Å². The van der Waals surface area contributed by atoms with Crippen molar-refractivity contribution in [2.45, 2.75) is 31.7 Å². The Morgan fingerprint density at radius 2 is 1.61 bits per heavy atom. The fourth-order valence-electron chi connectivity index (χ4n) is 5.70. The van der Waals surface area contributed by atoms with Gasteiger partial charge in [-0.15, -0.1) is 0 Å². The second-order valence-electron chi connectivity index (χ2n) is 9.39. The predicted octanol–water partition coefficient (Wildman–Crippen LogP) is 3.83. The number of piperazine rings is 1. The molecule has 2 aromatic carbocycles. The van der Waals surface area contributed by atoms with Crippen LogP contribution in [0.15, 0.2) is 42.5 Å². The van der Waals surface area contributed by atoms with E-state index in [0.717, 1.165) is 75.7 Å². The van der Waals surface area contributed by atoms with E-state index in [2.05, 4.69) is 14.7 Å². The molecule has 0 spiro atoms. The van der Waals surface area contributed by atoms with Crippen LogP contribution in [0.3, 0.4) is 0 Å². The summed E-state index contributed by atoms with van der Waals surface area (Å²) in [6.45, 7) is 9.26. The highest BCUT2D eigenvalue weighted by atomic mass is 19.1. The monoisotopic (exact) mass is 454 g/mol. The maximum absolute atomic E-state index is 14.2. The Labute approximate surface area is 194 Å². The number of halogens is 2. The Bertz CT molecular complexity index is 990. The Kier molecular flexibility index (Phi) is 6.34. The topological polar surface area (TPSA) is 30.0 Å². The molecule has 0 radical (unpaired) electrons. The highest BCUT2D eigenvalue weighted by molar-refractivity contribution is 5.76. The van der Waals surface area contributed by atoms with E-state index in [1.165, 1.54) is 18.2 Å².